The first-order chi connectivity index (χ1) is 13.8. The summed E-state index contributed by atoms with van der Waals surface area (Å²) in [5, 5.41) is 3.31. The molecule has 29 heavy (non-hydrogen) atoms. The monoisotopic (exact) mass is 458 g/mol. The third-order valence-electron chi connectivity index (χ3n) is 4.15. The van der Waals surface area contributed by atoms with Gasteiger partial charge in [-0.15, -0.1) is 0 Å². The van der Waals surface area contributed by atoms with Crippen LogP contribution in [0.5, 0.6) is 11.5 Å². The Morgan fingerprint density at radius 2 is 1.83 bits per heavy atom. The second-order valence-corrected chi connectivity index (χ2v) is 9.10. The van der Waals surface area contributed by atoms with Crippen LogP contribution in [0.4, 0.5) is 5.69 Å². The van der Waals surface area contributed by atoms with Crippen molar-refractivity contribution in [3.8, 4) is 11.5 Å². The lowest BCUT2D eigenvalue weighted by molar-refractivity contribution is -0.116. The number of nitrogens with one attached hydrogen (secondary N) is 1. The largest absolute Gasteiger partial charge is 0.486 e. The summed E-state index contributed by atoms with van der Waals surface area (Å²) in [6.07, 6.45) is 0.537. The van der Waals surface area contributed by atoms with E-state index in [0.29, 0.717) is 46.9 Å². The zero-order valence-corrected chi connectivity index (χ0v) is 18.0. The summed E-state index contributed by atoms with van der Waals surface area (Å²) in [6.45, 7) is 2.39. The molecule has 1 heterocycles. The number of anilines is 1. The van der Waals surface area contributed by atoms with Crippen molar-refractivity contribution >= 4 is 44.8 Å². The maximum atomic E-state index is 13.1. The minimum atomic E-state index is -3.92. The molecule has 0 bridgehead atoms. The van der Waals surface area contributed by atoms with Crippen LogP contribution in [0, 0.1) is 0 Å². The molecular weight excluding hydrogens is 439 g/mol. The normalized spacial score (nSPS) is 13.4. The predicted octanol–water partition coefficient (Wildman–Crippen LogP) is 3.80. The number of hydrogen-bond donors (Lipinski definition) is 1. The van der Waals surface area contributed by atoms with Gasteiger partial charge in [0.2, 0.25) is 15.9 Å². The van der Waals surface area contributed by atoms with Crippen LogP contribution in [0.2, 0.25) is 10.0 Å². The smallest absolute Gasteiger partial charge is 0.243 e. The van der Waals surface area contributed by atoms with Crippen LogP contribution in [0.15, 0.2) is 41.3 Å². The SMILES string of the molecule is CCCN(CC(=O)Nc1cc(Cl)ccc1Cl)S(=O)(=O)c1ccc2c(c1)OCCO2. The number of benzene rings is 2. The molecule has 1 aliphatic heterocycles. The molecule has 3 rings (SSSR count). The number of carbonyl (C=O) groups excluding carboxylic acids is 1. The summed E-state index contributed by atoms with van der Waals surface area (Å²) in [5.74, 6) is 0.332. The Kier molecular flexibility index (Phi) is 6.89. The van der Waals surface area contributed by atoms with E-state index in [1.54, 1.807) is 18.2 Å². The van der Waals surface area contributed by atoms with Crippen molar-refractivity contribution in [3.63, 3.8) is 0 Å². The van der Waals surface area contributed by atoms with E-state index in [9.17, 15) is 13.2 Å². The van der Waals surface area contributed by atoms with E-state index < -0.39 is 15.9 Å². The van der Waals surface area contributed by atoms with Crippen LogP contribution in [0.3, 0.4) is 0 Å². The Morgan fingerprint density at radius 1 is 1.10 bits per heavy atom. The minimum absolute atomic E-state index is 0.0313. The van der Waals surface area contributed by atoms with Crippen molar-refractivity contribution in [1.82, 2.24) is 4.31 Å². The van der Waals surface area contributed by atoms with Gasteiger partial charge in [0.15, 0.2) is 11.5 Å². The van der Waals surface area contributed by atoms with Gasteiger partial charge in [0.1, 0.15) is 13.2 Å². The number of sulfonamides is 1. The van der Waals surface area contributed by atoms with Crippen molar-refractivity contribution in [2.24, 2.45) is 0 Å². The first-order valence-electron chi connectivity index (χ1n) is 8.96. The maximum Gasteiger partial charge on any atom is 0.243 e. The van der Waals surface area contributed by atoms with Gasteiger partial charge in [-0.3, -0.25) is 4.79 Å². The molecule has 0 atom stereocenters. The lowest BCUT2D eigenvalue weighted by Gasteiger charge is -2.23. The zero-order chi connectivity index (χ0) is 21.0. The molecule has 7 nitrogen and oxygen atoms in total. The highest BCUT2D eigenvalue weighted by atomic mass is 35.5. The third kappa shape index (κ3) is 5.14. The van der Waals surface area contributed by atoms with Gasteiger partial charge < -0.3 is 14.8 Å². The Balaban J connectivity index is 1.80. The summed E-state index contributed by atoms with van der Waals surface area (Å²) >= 11 is 12.0. The number of fused-ring (bicyclic) bond motifs is 1. The average molecular weight is 459 g/mol. The van der Waals surface area contributed by atoms with Crippen molar-refractivity contribution in [2.45, 2.75) is 18.2 Å². The van der Waals surface area contributed by atoms with E-state index in [2.05, 4.69) is 5.32 Å². The molecule has 0 saturated heterocycles. The molecule has 1 amide bonds. The molecule has 0 fully saturated rings. The van der Waals surface area contributed by atoms with Crippen molar-refractivity contribution in [2.75, 3.05) is 31.6 Å². The van der Waals surface area contributed by atoms with Crippen LogP contribution in [0.25, 0.3) is 0 Å². The fourth-order valence-corrected chi connectivity index (χ4v) is 4.65. The van der Waals surface area contributed by atoms with Gasteiger partial charge in [0.05, 0.1) is 22.2 Å². The molecule has 0 unspecified atom stereocenters. The van der Waals surface area contributed by atoms with Crippen LogP contribution < -0.4 is 14.8 Å². The molecule has 1 N–H and O–H groups in total. The topological polar surface area (TPSA) is 84.9 Å². The lowest BCUT2D eigenvalue weighted by Crippen LogP contribution is -2.38. The van der Waals surface area contributed by atoms with E-state index in [-0.39, 0.29) is 18.0 Å². The van der Waals surface area contributed by atoms with Gasteiger partial charge >= 0.3 is 0 Å². The molecule has 2 aromatic rings. The molecule has 0 radical (unpaired) electrons. The quantitative estimate of drug-likeness (QED) is 0.681. The summed E-state index contributed by atoms with van der Waals surface area (Å²) < 4.78 is 38.3. The average Bonchev–Trinajstić information content (AvgIpc) is 2.70. The van der Waals surface area contributed by atoms with Crippen LogP contribution in [0.1, 0.15) is 13.3 Å². The molecule has 156 valence electrons. The number of nitrogens with zero attached hydrogens (tertiary/aromatic N) is 1. The van der Waals surface area contributed by atoms with Crippen molar-refractivity contribution < 1.29 is 22.7 Å². The third-order valence-corrected chi connectivity index (χ3v) is 6.55. The Bertz CT molecular complexity index is 1010. The van der Waals surface area contributed by atoms with Crippen LogP contribution >= 0.6 is 23.2 Å². The van der Waals surface area contributed by atoms with Crippen LogP contribution in [-0.4, -0.2) is 44.9 Å². The molecule has 0 aliphatic carbocycles. The van der Waals surface area contributed by atoms with E-state index in [1.807, 2.05) is 6.92 Å². The Labute approximate surface area is 179 Å². The van der Waals surface area contributed by atoms with Gasteiger partial charge in [-0.25, -0.2) is 8.42 Å². The first-order valence-corrected chi connectivity index (χ1v) is 11.2. The highest BCUT2D eigenvalue weighted by Gasteiger charge is 2.28. The number of amides is 1. The van der Waals surface area contributed by atoms with Crippen LogP contribution in [-0.2, 0) is 14.8 Å². The Hall–Kier alpha value is -2.00. The van der Waals surface area contributed by atoms with Gasteiger partial charge in [0.25, 0.3) is 0 Å². The van der Waals surface area contributed by atoms with E-state index in [4.69, 9.17) is 32.7 Å². The Morgan fingerprint density at radius 3 is 2.55 bits per heavy atom. The second-order valence-electron chi connectivity index (χ2n) is 6.32. The first kappa shape index (κ1) is 21.7. The fraction of sp³-hybridized carbons (Fsp3) is 0.316. The fourth-order valence-electron chi connectivity index (χ4n) is 2.81. The van der Waals surface area contributed by atoms with Crippen molar-refractivity contribution in [1.29, 1.82) is 0 Å². The predicted molar refractivity (Wildman–Crippen MR) is 112 cm³/mol. The summed E-state index contributed by atoms with van der Waals surface area (Å²) in [7, 11) is -3.92. The highest BCUT2D eigenvalue weighted by Crippen LogP contribution is 2.33. The number of halogens is 2. The van der Waals surface area contributed by atoms with Gasteiger partial charge in [-0.2, -0.15) is 4.31 Å². The van der Waals surface area contributed by atoms with E-state index >= 15 is 0 Å². The highest BCUT2D eigenvalue weighted by molar-refractivity contribution is 7.89. The molecule has 0 saturated carbocycles. The molecule has 1 aliphatic rings. The number of rotatable bonds is 7. The second kappa shape index (κ2) is 9.21. The standard InChI is InChI=1S/C19H20Cl2N2O5S/c1-2-7-23(12-19(24)22-16-10-13(20)3-5-15(16)21)29(25,26)14-4-6-17-18(11-14)28-9-8-27-17/h3-6,10-11H,2,7-9,12H2,1H3,(H,22,24). The molecule has 10 heteroatoms. The minimum Gasteiger partial charge on any atom is -0.486 e. The van der Waals surface area contributed by atoms with Crippen molar-refractivity contribution in [3.05, 3.63) is 46.4 Å². The number of carbonyl (C=O) groups is 1. The molecule has 0 spiro atoms. The van der Waals surface area contributed by atoms with E-state index in [0.717, 1.165) is 4.31 Å². The lowest BCUT2D eigenvalue weighted by atomic mass is 10.3. The molecule has 0 aromatic heterocycles. The molecule has 2 aromatic carbocycles. The summed E-state index contributed by atoms with van der Waals surface area (Å²) in [4.78, 5) is 12.5. The maximum absolute atomic E-state index is 13.1. The van der Waals surface area contributed by atoms with Gasteiger partial charge in [-0.1, -0.05) is 30.1 Å². The zero-order valence-electron chi connectivity index (χ0n) is 15.7. The van der Waals surface area contributed by atoms with Gasteiger partial charge in [0, 0.05) is 17.6 Å². The molecular formula is C19H20Cl2N2O5S. The number of ether oxygens (including phenoxy) is 2. The number of hydrogen-bond acceptors (Lipinski definition) is 5. The summed E-state index contributed by atoms with van der Waals surface area (Å²) in [6, 6.07) is 9.05. The van der Waals surface area contributed by atoms with Gasteiger partial charge in [-0.05, 0) is 36.8 Å². The van der Waals surface area contributed by atoms with E-state index in [1.165, 1.54) is 18.2 Å². The summed E-state index contributed by atoms with van der Waals surface area (Å²) in [5.41, 5.74) is 0.317.